The number of thiazole rings is 1. The van der Waals surface area contributed by atoms with Crippen molar-refractivity contribution < 1.29 is 4.79 Å². The molecule has 0 radical (unpaired) electrons. The molecule has 0 fully saturated rings. The zero-order chi connectivity index (χ0) is 24.4. The van der Waals surface area contributed by atoms with E-state index in [0.717, 1.165) is 48.6 Å². The molecule has 3 aromatic rings. The molecule has 4 N–H and O–H groups in total. The Balaban J connectivity index is 1.18. The largest absolute Gasteiger partial charge is 0.363 e. The normalized spacial score (nSPS) is 17.6. The maximum Gasteiger partial charge on any atom is 0.317 e. The molecular weight excluding hydrogens is 458 g/mol. The Hall–Kier alpha value is -3.17. The van der Waals surface area contributed by atoms with E-state index in [1.807, 2.05) is 28.7 Å². The summed E-state index contributed by atoms with van der Waals surface area (Å²) in [6, 6.07) is 8.51. The maximum absolute atomic E-state index is 12.5. The average molecular weight is 492 g/mol. The number of fused-ring (bicyclic) bond motifs is 2. The van der Waals surface area contributed by atoms with Gasteiger partial charge in [-0.05, 0) is 57.0 Å². The van der Waals surface area contributed by atoms with E-state index in [2.05, 4.69) is 70.2 Å². The van der Waals surface area contributed by atoms with Gasteiger partial charge in [-0.2, -0.15) is 0 Å². The number of carbonyl (C=O) groups is 1. The summed E-state index contributed by atoms with van der Waals surface area (Å²) in [5.74, 6) is 0.936. The molecule has 2 amide bonds. The minimum Gasteiger partial charge on any atom is -0.363 e. The van der Waals surface area contributed by atoms with Crippen LogP contribution in [0.3, 0.4) is 0 Å². The lowest BCUT2D eigenvalue weighted by Crippen LogP contribution is -2.46. The van der Waals surface area contributed by atoms with Crippen molar-refractivity contribution in [3.05, 3.63) is 53.2 Å². The van der Waals surface area contributed by atoms with Crippen LogP contribution in [0.15, 0.2) is 47.6 Å². The monoisotopic (exact) mass is 491 g/mol. The number of amides is 2. The molecule has 0 bridgehead atoms. The Labute approximate surface area is 210 Å². The number of anilines is 3. The summed E-state index contributed by atoms with van der Waals surface area (Å²) >= 11 is 1.65. The average Bonchev–Trinajstić information content (AvgIpc) is 3.48. The molecule has 0 saturated heterocycles. The Morgan fingerprint density at radius 1 is 1.23 bits per heavy atom. The van der Waals surface area contributed by atoms with Crippen LogP contribution < -0.4 is 21.3 Å². The second-order valence-corrected chi connectivity index (χ2v) is 11.0. The zero-order valence-electron chi connectivity index (χ0n) is 20.5. The smallest absolute Gasteiger partial charge is 0.317 e. The molecule has 2 aliphatic heterocycles. The van der Waals surface area contributed by atoms with Crippen LogP contribution in [0.25, 0.3) is 10.2 Å². The number of aromatic nitrogens is 2. The van der Waals surface area contributed by atoms with E-state index < -0.39 is 0 Å². The van der Waals surface area contributed by atoms with Crippen LogP contribution in [0.4, 0.5) is 22.0 Å². The van der Waals surface area contributed by atoms with Crippen molar-refractivity contribution in [2.24, 2.45) is 0 Å². The van der Waals surface area contributed by atoms with E-state index in [4.69, 9.17) is 0 Å². The summed E-state index contributed by atoms with van der Waals surface area (Å²) in [6.07, 6.45) is 5.79. The van der Waals surface area contributed by atoms with Gasteiger partial charge in [-0.25, -0.2) is 14.8 Å². The van der Waals surface area contributed by atoms with Crippen LogP contribution in [0.5, 0.6) is 0 Å². The number of rotatable bonds is 6. The lowest BCUT2D eigenvalue weighted by molar-refractivity contribution is 0.201. The molecule has 1 unspecified atom stereocenters. The molecular formula is C26H33N7OS. The molecule has 2 aromatic heterocycles. The SMILES string of the molecule is CC(C)(C)NCCNC(=O)N1CC=C(C2Cc3c(Nc4ccc5ncsc5c4)ccnc3N2)CC1. The van der Waals surface area contributed by atoms with Gasteiger partial charge < -0.3 is 26.2 Å². The van der Waals surface area contributed by atoms with Crippen LogP contribution in [-0.2, 0) is 6.42 Å². The quantitative estimate of drug-likeness (QED) is 0.300. The van der Waals surface area contributed by atoms with Gasteiger partial charge in [0, 0.05) is 61.3 Å². The Bertz CT molecular complexity index is 1250. The van der Waals surface area contributed by atoms with Crippen molar-refractivity contribution in [1.82, 2.24) is 25.5 Å². The van der Waals surface area contributed by atoms with Gasteiger partial charge >= 0.3 is 6.03 Å². The first kappa shape index (κ1) is 23.6. The first-order valence-corrected chi connectivity index (χ1v) is 13.1. The van der Waals surface area contributed by atoms with Crippen molar-refractivity contribution >= 4 is 44.8 Å². The third-order valence-corrected chi connectivity index (χ3v) is 7.21. The minimum atomic E-state index is 0.00439. The Kier molecular flexibility index (Phi) is 6.62. The molecule has 35 heavy (non-hydrogen) atoms. The van der Waals surface area contributed by atoms with Gasteiger partial charge in [-0.15, -0.1) is 11.3 Å². The van der Waals surface area contributed by atoms with Gasteiger partial charge in [-0.1, -0.05) is 6.08 Å². The summed E-state index contributed by atoms with van der Waals surface area (Å²) in [4.78, 5) is 23.4. The summed E-state index contributed by atoms with van der Waals surface area (Å²) in [5, 5.41) is 13.6. The number of nitrogens with zero attached hydrogens (tertiary/aromatic N) is 3. The molecule has 5 rings (SSSR count). The maximum atomic E-state index is 12.5. The van der Waals surface area contributed by atoms with Gasteiger partial charge in [0.2, 0.25) is 0 Å². The van der Waals surface area contributed by atoms with Gasteiger partial charge in [-0.3, -0.25) is 0 Å². The highest BCUT2D eigenvalue weighted by atomic mass is 32.1. The second kappa shape index (κ2) is 9.83. The summed E-state index contributed by atoms with van der Waals surface area (Å²) in [6.45, 7) is 9.11. The van der Waals surface area contributed by atoms with E-state index in [1.165, 1.54) is 15.8 Å². The van der Waals surface area contributed by atoms with E-state index in [-0.39, 0.29) is 17.6 Å². The fourth-order valence-corrected chi connectivity index (χ4v) is 5.29. The molecule has 2 aliphatic rings. The highest BCUT2D eigenvalue weighted by molar-refractivity contribution is 7.16. The Morgan fingerprint density at radius 3 is 2.91 bits per heavy atom. The molecule has 0 aliphatic carbocycles. The van der Waals surface area contributed by atoms with Gasteiger partial charge in [0.1, 0.15) is 5.82 Å². The Morgan fingerprint density at radius 2 is 2.11 bits per heavy atom. The van der Waals surface area contributed by atoms with Crippen LogP contribution in [0.1, 0.15) is 32.8 Å². The standard InChI is InChI=1S/C26H33N7OS/c1-26(2,3)30-11-10-28-25(34)33-12-7-17(8-13-33)22-15-19-20(6-9-27-24(19)32-22)31-18-4-5-21-23(14-18)35-16-29-21/h4-7,9,14,16,22,30H,8,10-13,15H2,1-3H3,(H,28,34)(H2,27,31,32). The summed E-state index contributed by atoms with van der Waals surface area (Å²) in [7, 11) is 0. The number of benzene rings is 1. The van der Waals surface area contributed by atoms with E-state index in [0.29, 0.717) is 13.1 Å². The van der Waals surface area contributed by atoms with Crippen molar-refractivity contribution in [2.45, 2.75) is 45.2 Å². The van der Waals surface area contributed by atoms with Crippen LogP contribution in [0, 0.1) is 0 Å². The van der Waals surface area contributed by atoms with Crippen LogP contribution in [-0.4, -0.2) is 58.7 Å². The lowest BCUT2D eigenvalue weighted by atomic mass is 9.97. The number of pyridine rings is 1. The highest BCUT2D eigenvalue weighted by Crippen LogP contribution is 2.35. The van der Waals surface area contributed by atoms with Crippen molar-refractivity contribution in [3.8, 4) is 0 Å². The number of urea groups is 1. The first-order valence-electron chi connectivity index (χ1n) is 12.2. The fourth-order valence-electron chi connectivity index (χ4n) is 4.58. The van der Waals surface area contributed by atoms with Crippen LogP contribution in [0.2, 0.25) is 0 Å². The molecule has 9 heteroatoms. The third-order valence-electron chi connectivity index (χ3n) is 6.42. The second-order valence-electron chi connectivity index (χ2n) is 10.1. The van der Waals surface area contributed by atoms with Crippen molar-refractivity contribution in [3.63, 3.8) is 0 Å². The number of carbonyl (C=O) groups excluding carboxylic acids is 1. The van der Waals surface area contributed by atoms with E-state index in [9.17, 15) is 4.79 Å². The molecule has 0 saturated carbocycles. The number of hydrogen-bond acceptors (Lipinski definition) is 7. The molecule has 1 aromatic carbocycles. The number of nitrogens with one attached hydrogen (secondary N) is 4. The van der Waals surface area contributed by atoms with Crippen molar-refractivity contribution in [2.75, 3.05) is 36.8 Å². The fraction of sp³-hybridized carbons (Fsp3) is 0.423. The van der Waals surface area contributed by atoms with E-state index in [1.54, 1.807) is 11.3 Å². The third kappa shape index (κ3) is 5.57. The van der Waals surface area contributed by atoms with Gasteiger partial charge in [0.25, 0.3) is 0 Å². The number of hydrogen-bond donors (Lipinski definition) is 4. The molecule has 0 spiro atoms. The van der Waals surface area contributed by atoms with E-state index >= 15 is 0 Å². The molecule has 184 valence electrons. The lowest BCUT2D eigenvalue weighted by Gasteiger charge is -2.29. The topological polar surface area (TPSA) is 94.2 Å². The van der Waals surface area contributed by atoms with Gasteiger partial charge in [0.05, 0.1) is 21.8 Å². The van der Waals surface area contributed by atoms with Crippen molar-refractivity contribution in [1.29, 1.82) is 0 Å². The minimum absolute atomic E-state index is 0.00439. The summed E-state index contributed by atoms with van der Waals surface area (Å²) in [5.41, 5.74) is 7.63. The predicted molar refractivity (Wildman–Crippen MR) is 144 cm³/mol. The highest BCUT2D eigenvalue weighted by Gasteiger charge is 2.29. The van der Waals surface area contributed by atoms with Gasteiger partial charge in [0.15, 0.2) is 0 Å². The van der Waals surface area contributed by atoms with Crippen LogP contribution >= 0.6 is 11.3 Å². The predicted octanol–water partition coefficient (Wildman–Crippen LogP) is 4.50. The first-order chi connectivity index (χ1) is 16.9. The molecule has 8 nitrogen and oxygen atoms in total. The molecule has 1 atom stereocenters. The zero-order valence-corrected chi connectivity index (χ0v) is 21.3. The summed E-state index contributed by atoms with van der Waals surface area (Å²) < 4.78 is 1.17. The molecule has 4 heterocycles.